The van der Waals surface area contributed by atoms with Crippen LogP contribution in [-0.2, 0) is 28.6 Å². The van der Waals surface area contributed by atoms with Crippen LogP contribution in [0.1, 0.15) is 33.2 Å². The number of ether oxygens (including phenoxy) is 3. The summed E-state index contributed by atoms with van der Waals surface area (Å²) in [6.07, 6.45) is -1.38. The molecule has 2 aromatic rings. The third-order valence-corrected chi connectivity index (χ3v) is 5.83. The van der Waals surface area contributed by atoms with E-state index in [-0.39, 0.29) is 11.9 Å². The zero-order valence-corrected chi connectivity index (χ0v) is 18.6. The van der Waals surface area contributed by atoms with E-state index in [2.05, 4.69) is 4.98 Å². The third kappa shape index (κ3) is 4.66. The van der Waals surface area contributed by atoms with Gasteiger partial charge in [-0.1, -0.05) is 23.2 Å². The lowest BCUT2D eigenvalue weighted by atomic mass is 10.1. The fraction of sp³-hybridized carbons (Fsp3) is 0.474. The molecule has 8 nitrogen and oxygen atoms in total. The first kappa shape index (κ1) is 22.7. The maximum Gasteiger partial charge on any atom is 0.303 e. The van der Waals surface area contributed by atoms with Crippen LogP contribution in [0.3, 0.4) is 0 Å². The Morgan fingerprint density at radius 2 is 1.60 bits per heavy atom. The minimum Gasteiger partial charge on any atom is -0.465 e. The SMILES string of the molecule is CC(=O)OC[C@@H]1C[C@H](n2c(Cl)nc3cc(Cl)c(Cl)cc32)[C@@H](OC(C)=O)[C@H]1OC(C)=O. The van der Waals surface area contributed by atoms with Crippen LogP contribution in [0, 0.1) is 5.92 Å². The summed E-state index contributed by atoms with van der Waals surface area (Å²) >= 11 is 18.7. The van der Waals surface area contributed by atoms with Crippen LogP contribution < -0.4 is 0 Å². The Labute approximate surface area is 187 Å². The molecule has 1 aliphatic carbocycles. The summed E-state index contributed by atoms with van der Waals surface area (Å²) in [7, 11) is 0. The standard InChI is InChI=1S/C19H19Cl3N2O6/c1-8(25)28-7-11-4-16(18(30-10(3)27)17(11)29-9(2)26)24-15-6-13(21)12(20)5-14(15)23-19(24)22/h5-6,11,16-18H,4,7H2,1-3H3/t11-,16-,17-,18+/m0/s1. The average Bonchev–Trinajstić information content (AvgIpc) is 3.10. The molecule has 4 atom stereocenters. The average molecular weight is 478 g/mol. The van der Waals surface area contributed by atoms with Crippen molar-refractivity contribution in [2.75, 3.05) is 6.61 Å². The van der Waals surface area contributed by atoms with E-state index >= 15 is 0 Å². The van der Waals surface area contributed by atoms with Crippen molar-refractivity contribution in [1.82, 2.24) is 9.55 Å². The molecule has 1 aromatic heterocycles. The van der Waals surface area contributed by atoms with Gasteiger partial charge in [0.2, 0.25) is 5.28 Å². The number of carbonyl (C=O) groups excluding carboxylic acids is 3. The number of esters is 3. The summed E-state index contributed by atoms with van der Waals surface area (Å²) in [4.78, 5) is 39.2. The molecular formula is C19H19Cl3N2O6. The molecule has 0 N–H and O–H groups in total. The highest BCUT2D eigenvalue weighted by atomic mass is 35.5. The van der Waals surface area contributed by atoms with Crippen molar-refractivity contribution >= 4 is 63.7 Å². The zero-order valence-electron chi connectivity index (χ0n) is 16.4. The lowest BCUT2D eigenvalue weighted by Crippen LogP contribution is -2.38. The van der Waals surface area contributed by atoms with E-state index in [1.807, 2.05) is 0 Å². The molecule has 1 heterocycles. The van der Waals surface area contributed by atoms with E-state index in [0.717, 1.165) is 0 Å². The van der Waals surface area contributed by atoms with Gasteiger partial charge < -0.3 is 18.8 Å². The number of nitrogens with zero attached hydrogens (tertiary/aromatic N) is 2. The normalized spacial score (nSPS) is 23.4. The molecule has 0 saturated heterocycles. The number of fused-ring (bicyclic) bond motifs is 1. The number of aromatic nitrogens is 2. The Morgan fingerprint density at radius 3 is 2.20 bits per heavy atom. The Kier molecular flexibility index (Phi) is 6.79. The predicted molar refractivity (Wildman–Crippen MR) is 110 cm³/mol. The number of rotatable bonds is 5. The summed E-state index contributed by atoms with van der Waals surface area (Å²) in [6, 6.07) is 2.65. The summed E-state index contributed by atoms with van der Waals surface area (Å²) in [5, 5.41) is 0.746. The maximum atomic E-state index is 11.8. The summed E-state index contributed by atoms with van der Waals surface area (Å²) < 4.78 is 17.8. The second-order valence-electron chi connectivity index (χ2n) is 7.02. The second-order valence-corrected chi connectivity index (χ2v) is 8.17. The van der Waals surface area contributed by atoms with Gasteiger partial charge in [0, 0.05) is 26.7 Å². The van der Waals surface area contributed by atoms with Gasteiger partial charge in [0.15, 0.2) is 6.10 Å². The number of carbonyl (C=O) groups is 3. The van der Waals surface area contributed by atoms with Crippen molar-refractivity contribution in [2.24, 2.45) is 5.92 Å². The molecule has 0 spiro atoms. The monoisotopic (exact) mass is 476 g/mol. The maximum absolute atomic E-state index is 11.8. The van der Waals surface area contributed by atoms with Crippen molar-refractivity contribution < 1.29 is 28.6 Å². The molecule has 1 fully saturated rings. The molecule has 3 rings (SSSR count). The summed E-state index contributed by atoms with van der Waals surface area (Å²) in [5.41, 5.74) is 1.08. The largest absolute Gasteiger partial charge is 0.465 e. The van der Waals surface area contributed by atoms with Gasteiger partial charge >= 0.3 is 17.9 Å². The fourth-order valence-electron chi connectivity index (χ4n) is 3.77. The van der Waals surface area contributed by atoms with Crippen LogP contribution in [0.15, 0.2) is 12.1 Å². The van der Waals surface area contributed by atoms with Crippen LogP contribution in [0.4, 0.5) is 0 Å². The summed E-state index contributed by atoms with van der Waals surface area (Å²) in [6.45, 7) is 3.77. The van der Waals surface area contributed by atoms with Crippen LogP contribution in [0.2, 0.25) is 15.3 Å². The van der Waals surface area contributed by atoms with Gasteiger partial charge in [-0.2, -0.15) is 0 Å². The van der Waals surface area contributed by atoms with Gasteiger partial charge in [-0.15, -0.1) is 0 Å². The quantitative estimate of drug-likeness (QED) is 0.474. The lowest BCUT2D eigenvalue weighted by Gasteiger charge is -2.26. The van der Waals surface area contributed by atoms with Crippen LogP contribution in [0.25, 0.3) is 11.0 Å². The number of benzene rings is 1. The summed E-state index contributed by atoms with van der Waals surface area (Å²) in [5.74, 6) is -2.01. The highest BCUT2D eigenvalue weighted by molar-refractivity contribution is 6.42. The molecule has 11 heteroatoms. The van der Waals surface area contributed by atoms with Crippen molar-refractivity contribution in [1.29, 1.82) is 0 Å². The zero-order chi connectivity index (χ0) is 22.2. The Morgan fingerprint density at radius 1 is 1.00 bits per heavy atom. The highest BCUT2D eigenvalue weighted by Crippen LogP contribution is 2.43. The minimum absolute atomic E-state index is 0.0155. The highest BCUT2D eigenvalue weighted by Gasteiger charge is 2.50. The van der Waals surface area contributed by atoms with E-state index < -0.39 is 42.1 Å². The number of imidazole rings is 1. The van der Waals surface area contributed by atoms with Gasteiger partial charge in [-0.3, -0.25) is 14.4 Å². The Balaban J connectivity index is 2.09. The van der Waals surface area contributed by atoms with E-state index in [1.54, 1.807) is 16.7 Å². The van der Waals surface area contributed by atoms with Gasteiger partial charge in [-0.25, -0.2) is 4.98 Å². The van der Waals surface area contributed by atoms with E-state index in [4.69, 9.17) is 49.0 Å². The van der Waals surface area contributed by atoms with Gasteiger partial charge in [0.1, 0.15) is 6.10 Å². The lowest BCUT2D eigenvalue weighted by molar-refractivity contribution is -0.168. The molecule has 0 amide bonds. The Bertz CT molecular complexity index is 1010. The molecule has 30 heavy (non-hydrogen) atoms. The molecular weight excluding hydrogens is 459 g/mol. The molecule has 0 aliphatic heterocycles. The first-order valence-electron chi connectivity index (χ1n) is 9.08. The van der Waals surface area contributed by atoms with Crippen LogP contribution >= 0.6 is 34.8 Å². The van der Waals surface area contributed by atoms with Crippen LogP contribution in [0.5, 0.6) is 0 Å². The molecule has 1 aromatic carbocycles. The van der Waals surface area contributed by atoms with E-state index in [0.29, 0.717) is 27.5 Å². The Hall–Kier alpha value is -2.03. The molecule has 0 radical (unpaired) electrons. The van der Waals surface area contributed by atoms with E-state index in [1.165, 1.54) is 20.8 Å². The fourth-order valence-corrected chi connectivity index (χ4v) is 4.40. The number of hydrogen-bond acceptors (Lipinski definition) is 7. The molecule has 162 valence electrons. The van der Waals surface area contributed by atoms with Crippen molar-refractivity contribution in [3.05, 3.63) is 27.5 Å². The second kappa shape index (κ2) is 8.99. The minimum atomic E-state index is -0.878. The van der Waals surface area contributed by atoms with Crippen molar-refractivity contribution in [3.8, 4) is 0 Å². The predicted octanol–water partition coefficient (Wildman–Crippen LogP) is 3.98. The number of hydrogen-bond donors (Lipinski definition) is 0. The van der Waals surface area contributed by atoms with Gasteiger partial charge in [0.25, 0.3) is 0 Å². The van der Waals surface area contributed by atoms with Crippen molar-refractivity contribution in [3.63, 3.8) is 0 Å². The molecule has 1 saturated carbocycles. The molecule has 0 unspecified atom stereocenters. The topological polar surface area (TPSA) is 96.7 Å². The van der Waals surface area contributed by atoms with Gasteiger partial charge in [-0.05, 0) is 30.2 Å². The van der Waals surface area contributed by atoms with E-state index in [9.17, 15) is 14.4 Å². The van der Waals surface area contributed by atoms with Gasteiger partial charge in [0.05, 0.1) is 33.7 Å². The molecule has 1 aliphatic rings. The molecule has 0 bridgehead atoms. The van der Waals surface area contributed by atoms with Crippen LogP contribution in [-0.4, -0.2) is 46.3 Å². The first-order chi connectivity index (χ1) is 14.1. The first-order valence-corrected chi connectivity index (χ1v) is 10.2. The third-order valence-electron chi connectivity index (χ3n) is 4.84. The number of halogens is 3. The van der Waals surface area contributed by atoms with Crippen molar-refractivity contribution in [2.45, 2.75) is 45.4 Å². The smallest absolute Gasteiger partial charge is 0.303 e.